The van der Waals surface area contributed by atoms with Crippen molar-refractivity contribution in [2.24, 2.45) is 0 Å². The van der Waals surface area contributed by atoms with Gasteiger partial charge in [-0.05, 0) is 44.2 Å². The van der Waals surface area contributed by atoms with Crippen LogP contribution < -0.4 is 0 Å². The van der Waals surface area contributed by atoms with E-state index in [2.05, 4.69) is 4.98 Å². The summed E-state index contributed by atoms with van der Waals surface area (Å²) in [7, 11) is 0. The van der Waals surface area contributed by atoms with Crippen LogP contribution in [0.15, 0.2) is 42.5 Å². The summed E-state index contributed by atoms with van der Waals surface area (Å²) in [5, 5.41) is 1.00. The van der Waals surface area contributed by atoms with Crippen molar-refractivity contribution in [3.8, 4) is 0 Å². The number of rotatable bonds is 2. The minimum absolute atomic E-state index is 0.0324. The molecule has 0 amide bonds. The van der Waals surface area contributed by atoms with E-state index in [0.717, 1.165) is 16.6 Å². The normalized spacial score (nSPS) is 11.1. The minimum Gasteiger partial charge on any atom is -0.289 e. The van der Waals surface area contributed by atoms with Crippen molar-refractivity contribution in [2.75, 3.05) is 0 Å². The van der Waals surface area contributed by atoms with E-state index in [0.29, 0.717) is 5.56 Å². The second-order valence-electron chi connectivity index (χ2n) is 3.72. The molecule has 0 fully saturated rings. The third kappa shape index (κ3) is 2.01. The highest BCUT2D eigenvalue weighted by Crippen LogP contribution is 2.15. The Morgan fingerprint density at radius 2 is 2.06 bits per heavy atom. The molecule has 0 saturated heterocycles. The maximum Gasteiger partial charge on any atom is 0.185 e. The molecule has 0 aliphatic carbocycles. The summed E-state index contributed by atoms with van der Waals surface area (Å²) < 4.78 is 0. The SMILES string of the molecule is C/C=C/C(=O)c1ccc2nc(C)ccc2c1. The number of carbonyl (C=O) groups excluding carboxylic acids is 1. The van der Waals surface area contributed by atoms with Crippen LogP contribution in [0.2, 0.25) is 0 Å². The molecule has 80 valence electrons. The van der Waals surface area contributed by atoms with E-state index in [4.69, 9.17) is 0 Å². The van der Waals surface area contributed by atoms with Gasteiger partial charge in [0.25, 0.3) is 0 Å². The lowest BCUT2D eigenvalue weighted by Gasteiger charge is -2.01. The van der Waals surface area contributed by atoms with Crippen LogP contribution in [0.5, 0.6) is 0 Å². The molecule has 0 spiro atoms. The molecule has 0 saturated carbocycles. The molecule has 0 unspecified atom stereocenters. The predicted molar refractivity (Wildman–Crippen MR) is 65.6 cm³/mol. The quantitative estimate of drug-likeness (QED) is 0.563. The number of allylic oxidation sites excluding steroid dienone is 2. The van der Waals surface area contributed by atoms with Gasteiger partial charge >= 0.3 is 0 Å². The number of ketones is 1. The van der Waals surface area contributed by atoms with Crippen molar-refractivity contribution >= 4 is 16.7 Å². The van der Waals surface area contributed by atoms with Crippen LogP contribution in [-0.4, -0.2) is 10.8 Å². The van der Waals surface area contributed by atoms with E-state index in [1.807, 2.05) is 44.2 Å². The van der Waals surface area contributed by atoms with Crippen LogP contribution in [0.3, 0.4) is 0 Å². The molecule has 2 nitrogen and oxygen atoms in total. The average molecular weight is 211 g/mol. The Balaban J connectivity index is 2.52. The molecule has 1 aromatic heterocycles. The van der Waals surface area contributed by atoms with Crippen molar-refractivity contribution in [3.05, 3.63) is 53.7 Å². The zero-order valence-electron chi connectivity index (χ0n) is 9.40. The lowest BCUT2D eigenvalue weighted by Crippen LogP contribution is -1.94. The fourth-order valence-corrected chi connectivity index (χ4v) is 1.63. The van der Waals surface area contributed by atoms with Crippen molar-refractivity contribution in [2.45, 2.75) is 13.8 Å². The van der Waals surface area contributed by atoms with Gasteiger partial charge in [0.2, 0.25) is 0 Å². The fraction of sp³-hybridized carbons (Fsp3) is 0.143. The van der Waals surface area contributed by atoms with Crippen LogP contribution in [-0.2, 0) is 0 Å². The first kappa shape index (κ1) is 10.6. The molecule has 2 rings (SSSR count). The molecule has 2 aromatic rings. The smallest absolute Gasteiger partial charge is 0.185 e. The van der Waals surface area contributed by atoms with E-state index in [-0.39, 0.29) is 5.78 Å². The number of hydrogen-bond acceptors (Lipinski definition) is 2. The summed E-state index contributed by atoms with van der Waals surface area (Å²) in [6.45, 7) is 3.79. The third-order valence-electron chi connectivity index (χ3n) is 2.43. The molecular weight excluding hydrogens is 198 g/mol. The number of benzene rings is 1. The highest BCUT2D eigenvalue weighted by atomic mass is 16.1. The van der Waals surface area contributed by atoms with Gasteiger partial charge in [0.05, 0.1) is 5.52 Å². The van der Waals surface area contributed by atoms with Gasteiger partial charge in [-0.15, -0.1) is 0 Å². The Bertz CT molecular complexity index is 570. The molecule has 0 aliphatic heterocycles. The number of carbonyl (C=O) groups is 1. The molecular formula is C14H13NO. The summed E-state index contributed by atoms with van der Waals surface area (Å²) in [4.78, 5) is 16.0. The van der Waals surface area contributed by atoms with E-state index in [9.17, 15) is 4.79 Å². The van der Waals surface area contributed by atoms with Crippen LogP contribution in [0.25, 0.3) is 10.9 Å². The van der Waals surface area contributed by atoms with Crippen molar-refractivity contribution in [1.29, 1.82) is 0 Å². The van der Waals surface area contributed by atoms with Crippen LogP contribution in [0.1, 0.15) is 23.0 Å². The molecule has 0 aliphatic rings. The second kappa shape index (κ2) is 4.27. The van der Waals surface area contributed by atoms with E-state index in [1.54, 1.807) is 12.2 Å². The minimum atomic E-state index is 0.0324. The van der Waals surface area contributed by atoms with Crippen LogP contribution in [0.4, 0.5) is 0 Å². The lowest BCUT2D eigenvalue weighted by atomic mass is 10.1. The molecule has 1 heterocycles. The first-order chi connectivity index (χ1) is 7.70. The van der Waals surface area contributed by atoms with Gasteiger partial charge in [0.15, 0.2) is 5.78 Å². The first-order valence-corrected chi connectivity index (χ1v) is 5.25. The predicted octanol–water partition coefficient (Wildman–Crippen LogP) is 3.30. The maximum atomic E-state index is 11.6. The van der Waals surface area contributed by atoms with E-state index < -0.39 is 0 Å². The Morgan fingerprint density at radius 3 is 2.81 bits per heavy atom. The van der Waals surface area contributed by atoms with Gasteiger partial charge < -0.3 is 0 Å². The van der Waals surface area contributed by atoms with Crippen LogP contribution in [0, 0.1) is 6.92 Å². The Morgan fingerprint density at radius 1 is 1.25 bits per heavy atom. The summed E-state index contributed by atoms with van der Waals surface area (Å²) in [5.74, 6) is 0.0324. The van der Waals surface area contributed by atoms with Gasteiger partial charge in [0.1, 0.15) is 0 Å². The Hall–Kier alpha value is -1.96. The highest BCUT2D eigenvalue weighted by Gasteiger charge is 2.03. The maximum absolute atomic E-state index is 11.6. The van der Waals surface area contributed by atoms with Crippen molar-refractivity contribution < 1.29 is 4.79 Å². The van der Waals surface area contributed by atoms with Gasteiger partial charge in [0, 0.05) is 16.6 Å². The fourth-order valence-electron chi connectivity index (χ4n) is 1.63. The van der Waals surface area contributed by atoms with Crippen LogP contribution >= 0.6 is 0 Å². The van der Waals surface area contributed by atoms with Crippen molar-refractivity contribution in [1.82, 2.24) is 4.98 Å². The number of nitrogens with zero attached hydrogens (tertiary/aromatic N) is 1. The monoisotopic (exact) mass is 211 g/mol. The summed E-state index contributed by atoms with van der Waals surface area (Å²) in [5.41, 5.74) is 2.62. The number of pyridine rings is 1. The van der Waals surface area contributed by atoms with E-state index >= 15 is 0 Å². The topological polar surface area (TPSA) is 30.0 Å². The number of aryl methyl sites for hydroxylation is 1. The highest BCUT2D eigenvalue weighted by molar-refractivity contribution is 6.06. The van der Waals surface area contributed by atoms with Gasteiger partial charge in [-0.25, -0.2) is 0 Å². The molecule has 0 radical (unpaired) electrons. The summed E-state index contributed by atoms with van der Waals surface area (Å²) in [6, 6.07) is 9.52. The second-order valence-corrected chi connectivity index (χ2v) is 3.72. The zero-order valence-corrected chi connectivity index (χ0v) is 9.40. The zero-order chi connectivity index (χ0) is 11.5. The van der Waals surface area contributed by atoms with Gasteiger partial charge in [-0.2, -0.15) is 0 Å². The van der Waals surface area contributed by atoms with Gasteiger partial charge in [-0.3, -0.25) is 9.78 Å². The summed E-state index contributed by atoms with van der Waals surface area (Å²) >= 11 is 0. The Kier molecular flexibility index (Phi) is 2.82. The Labute approximate surface area is 94.6 Å². The molecule has 1 aromatic carbocycles. The first-order valence-electron chi connectivity index (χ1n) is 5.25. The number of hydrogen-bond donors (Lipinski definition) is 0. The lowest BCUT2D eigenvalue weighted by molar-refractivity contribution is 0.104. The molecule has 2 heteroatoms. The third-order valence-corrected chi connectivity index (χ3v) is 2.43. The molecule has 0 N–H and O–H groups in total. The molecule has 0 atom stereocenters. The van der Waals surface area contributed by atoms with Crippen molar-refractivity contribution in [3.63, 3.8) is 0 Å². The standard InChI is InChI=1S/C14H13NO/c1-3-4-14(16)12-7-8-13-11(9-12)6-5-10(2)15-13/h3-9H,1-2H3/b4-3+. The molecule has 16 heavy (non-hydrogen) atoms. The number of aromatic nitrogens is 1. The summed E-state index contributed by atoms with van der Waals surface area (Å²) in [6.07, 6.45) is 3.32. The number of fused-ring (bicyclic) bond motifs is 1. The molecule has 0 bridgehead atoms. The largest absolute Gasteiger partial charge is 0.289 e. The van der Waals surface area contributed by atoms with E-state index in [1.165, 1.54) is 0 Å². The average Bonchev–Trinajstić information content (AvgIpc) is 2.28. The van der Waals surface area contributed by atoms with Gasteiger partial charge in [-0.1, -0.05) is 12.1 Å².